The van der Waals surface area contributed by atoms with E-state index in [2.05, 4.69) is 12.2 Å². The lowest BCUT2D eigenvalue weighted by molar-refractivity contribution is -0.384. The van der Waals surface area contributed by atoms with Crippen LogP contribution in [0.5, 0.6) is 0 Å². The second kappa shape index (κ2) is 8.02. The Bertz CT molecular complexity index is 470. The smallest absolute Gasteiger partial charge is 0.270 e. The second-order valence-electron chi connectivity index (χ2n) is 4.18. The summed E-state index contributed by atoms with van der Waals surface area (Å²) in [7, 11) is 0. The molecule has 0 heterocycles. The van der Waals surface area contributed by atoms with Crippen molar-refractivity contribution < 1.29 is 9.72 Å². The predicted octanol–water partition coefficient (Wildman–Crippen LogP) is 2.91. The Morgan fingerprint density at radius 1 is 1.42 bits per heavy atom. The van der Waals surface area contributed by atoms with Crippen LogP contribution in [0.2, 0.25) is 0 Å². The van der Waals surface area contributed by atoms with Gasteiger partial charge in [-0.1, -0.05) is 31.9 Å². The molecule has 1 amide bonds. The molecule has 0 aliphatic rings. The molecule has 0 bridgehead atoms. The number of nitro benzene ring substituents is 1. The molecular weight excluding hydrogens is 244 g/mol. The molecule has 0 fully saturated rings. The summed E-state index contributed by atoms with van der Waals surface area (Å²) in [5.41, 5.74) is 0.656. The molecule has 1 N–H and O–H groups in total. The summed E-state index contributed by atoms with van der Waals surface area (Å²) in [4.78, 5) is 21.6. The number of rotatable bonds is 7. The first-order chi connectivity index (χ1) is 9.13. The van der Waals surface area contributed by atoms with Crippen molar-refractivity contribution in [2.45, 2.75) is 26.2 Å². The third kappa shape index (κ3) is 5.81. The van der Waals surface area contributed by atoms with Crippen molar-refractivity contribution in [3.63, 3.8) is 0 Å². The van der Waals surface area contributed by atoms with Crippen molar-refractivity contribution >= 4 is 17.7 Å². The van der Waals surface area contributed by atoms with Gasteiger partial charge in [0.15, 0.2) is 0 Å². The maximum absolute atomic E-state index is 11.5. The monoisotopic (exact) mass is 262 g/mol. The minimum atomic E-state index is -0.456. The Morgan fingerprint density at radius 3 is 2.89 bits per heavy atom. The minimum Gasteiger partial charge on any atom is -0.353 e. The molecule has 0 saturated carbocycles. The highest BCUT2D eigenvalue weighted by Crippen LogP contribution is 2.13. The van der Waals surface area contributed by atoms with Crippen molar-refractivity contribution in [2.24, 2.45) is 0 Å². The molecule has 0 aliphatic carbocycles. The van der Waals surface area contributed by atoms with Crippen LogP contribution in [-0.2, 0) is 4.79 Å². The Balaban J connectivity index is 2.49. The van der Waals surface area contributed by atoms with E-state index in [0.717, 1.165) is 19.3 Å². The number of carbonyl (C=O) groups is 1. The molecule has 1 aromatic rings. The van der Waals surface area contributed by atoms with Crippen LogP contribution in [0.25, 0.3) is 6.08 Å². The quantitative estimate of drug-likeness (QED) is 0.355. The fraction of sp³-hybridized carbons (Fsp3) is 0.357. The fourth-order valence-corrected chi connectivity index (χ4v) is 1.56. The molecule has 0 spiro atoms. The number of nitro groups is 1. The van der Waals surface area contributed by atoms with E-state index in [9.17, 15) is 14.9 Å². The van der Waals surface area contributed by atoms with Crippen LogP contribution < -0.4 is 5.32 Å². The Labute approximate surface area is 112 Å². The molecule has 5 heteroatoms. The lowest BCUT2D eigenvalue weighted by atomic mass is 10.2. The van der Waals surface area contributed by atoms with Gasteiger partial charge >= 0.3 is 0 Å². The highest BCUT2D eigenvalue weighted by molar-refractivity contribution is 5.91. The number of non-ortho nitro benzene ring substituents is 1. The number of hydrogen-bond donors (Lipinski definition) is 1. The summed E-state index contributed by atoms with van der Waals surface area (Å²) in [5, 5.41) is 13.4. The maximum Gasteiger partial charge on any atom is 0.270 e. The number of nitrogens with one attached hydrogen (secondary N) is 1. The van der Waals surface area contributed by atoms with Gasteiger partial charge in [-0.2, -0.15) is 0 Å². The Kier molecular flexibility index (Phi) is 6.29. The number of unbranched alkanes of at least 4 members (excludes halogenated alkanes) is 2. The zero-order valence-electron chi connectivity index (χ0n) is 11.0. The zero-order valence-corrected chi connectivity index (χ0v) is 11.0. The molecule has 5 nitrogen and oxygen atoms in total. The van der Waals surface area contributed by atoms with Gasteiger partial charge in [0.1, 0.15) is 0 Å². The van der Waals surface area contributed by atoms with Gasteiger partial charge in [0.25, 0.3) is 5.69 Å². The summed E-state index contributed by atoms with van der Waals surface area (Å²) < 4.78 is 0. The van der Waals surface area contributed by atoms with Crippen LogP contribution >= 0.6 is 0 Å². The van der Waals surface area contributed by atoms with Crippen molar-refractivity contribution in [1.82, 2.24) is 5.32 Å². The largest absolute Gasteiger partial charge is 0.353 e. The number of hydrogen-bond acceptors (Lipinski definition) is 3. The topological polar surface area (TPSA) is 72.2 Å². The van der Waals surface area contributed by atoms with Crippen LogP contribution in [0.3, 0.4) is 0 Å². The van der Waals surface area contributed by atoms with E-state index in [1.54, 1.807) is 18.2 Å². The first-order valence-corrected chi connectivity index (χ1v) is 6.34. The Hall–Kier alpha value is -2.17. The molecule has 19 heavy (non-hydrogen) atoms. The molecule has 0 atom stereocenters. The summed E-state index contributed by atoms with van der Waals surface area (Å²) in [6.45, 7) is 2.76. The lowest BCUT2D eigenvalue weighted by Gasteiger charge is -2.00. The average molecular weight is 262 g/mol. The molecule has 0 unspecified atom stereocenters. The first kappa shape index (κ1) is 14.9. The fourth-order valence-electron chi connectivity index (χ4n) is 1.56. The lowest BCUT2D eigenvalue weighted by Crippen LogP contribution is -2.21. The van der Waals surface area contributed by atoms with Gasteiger partial charge in [0.2, 0.25) is 5.91 Å². The van der Waals surface area contributed by atoms with Gasteiger partial charge in [0.05, 0.1) is 4.92 Å². The Morgan fingerprint density at radius 2 is 2.21 bits per heavy atom. The van der Waals surface area contributed by atoms with Gasteiger partial charge in [-0.05, 0) is 18.1 Å². The van der Waals surface area contributed by atoms with Crippen LogP contribution in [-0.4, -0.2) is 17.4 Å². The molecule has 0 aromatic heterocycles. The predicted molar refractivity (Wildman–Crippen MR) is 74.7 cm³/mol. The molecular formula is C14H18N2O3. The summed E-state index contributed by atoms with van der Waals surface area (Å²) in [6, 6.07) is 6.16. The molecule has 0 radical (unpaired) electrons. The van der Waals surface area contributed by atoms with Gasteiger partial charge in [-0.25, -0.2) is 0 Å². The molecule has 1 rings (SSSR count). The van der Waals surface area contributed by atoms with Crippen molar-refractivity contribution in [3.05, 3.63) is 46.0 Å². The summed E-state index contributed by atoms with van der Waals surface area (Å²) >= 11 is 0. The standard InChI is InChI=1S/C14H18N2O3/c1-2-3-4-10-15-14(17)9-8-12-6-5-7-13(11-12)16(18)19/h5-9,11H,2-4,10H2,1H3,(H,15,17)/b9-8+. The number of benzene rings is 1. The van der Waals surface area contributed by atoms with Gasteiger partial charge in [0, 0.05) is 24.8 Å². The second-order valence-corrected chi connectivity index (χ2v) is 4.18. The van der Waals surface area contributed by atoms with Crippen molar-refractivity contribution in [1.29, 1.82) is 0 Å². The molecule has 0 aliphatic heterocycles. The SMILES string of the molecule is CCCCCNC(=O)/C=C/c1cccc([N+](=O)[O-])c1. The highest BCUT2D eigenvalue weighted by atomic mass is 16.6. The zero-order chi connectivity index (χ0) is 14.1. The van der Waals surface area contributed by atoms with E-state index in [-0.39, 0.29) is 11.6 Å². The normalized spacial score (nSPS) is 10.6. The average Bonchev–Trinajstić information content (AvgIpc) is 2.41. The van der Waals surface area contributed by atoms with E-state index in [1.165, 1.54) is 18.2 Å². The van der Waals surface area contributed by atoms with Crippen LogP contribution in [0, 0.1) is 10.1 Å². The minimum absolute atomic E-state index is 0.0190. The van der Waals surface area contributed by atoms with Gasteiger partial charge in [-0.3, -0.25) is 14.9 Å². The van der Waals surface area contributed by atoms with E-state index in [4.69, 9.17) is 0 Å². The molecule has 102 valence electrons. The van der Waals surface area contributed by atoms with E-state index in [1.807, 2.05) is 0 Å². The third-order valence-electron chi connectivity index (χ3n) is 2.59. The first-order valence-electron chi connectivity index (χ1n) is 6.34. The third-order valence-corrected chi connectivity index (χ3v) is 2.59. The maximum atomic E-state index is 11.5. The van der Waals surface area contributed by atoms with Gasteiger partial charge in [-0.15, -0.1) is 0 Å². The van der Waals surface area contributed by atoms with Crippen LogP contribution in [0.15, 0.2) is 30.3 Å². The highest BCUT2D eigenvalue weighted by Gasteiger charge is 2.03. The summed E-state index contributed by atoms with van der Waals surface area (Å²) in [6.07, 6.45) is 6.13. The van der Waals surface area contributed by atoms with Gasteiger partial charge < -0.3 is 5.32 Å². The number of nitrogens with zero attached hydrogens (tertiary/aromatic N) is 1. The van der Waals surface area contributed by atoms with Crippen molar-refractivity contribution in [3.8, 4) is 0 Å². The number of amides is 1. The number of carbonyl (C=O) groups excluding carboxylic acids is 1. The van der Waals surface area contributed by atoms with E-state index in [0.29, 0.717) is 12.1 Å². The van der Waals surface area contributed by atoms with Crippen LogP contribution in [0.1, 0.15) is 31.7 Å². The van der Waals surface area contributed by atoms with E-state index >= 15 is 0 Å². The molecule has 1 aromatic carbocycles. The summed E-state index contributed by atoms with van der Waals surface area (Å²) in [5.74, 6) is -0.178. The molecule has 0 saturated heterocycles. The van der Waals surface area contributed by atoms with Crippen molar-refractivity contribution in [2.75, 3.05) is 6.54 Å². The van der Waals surface area contributed by atoms with Crippen LogP contribution in [0.4, 0.5) is 5.69 Å². The van der Waals surface area contributed by atoms with E-state index < -0.39 is 4.92 Å².